The maximum Gasteiger partial charge on any atom is 0.287 e. The molecule has 2 rings (SSSR count). The monoisotopic (exact) mass is 286 g/mol. The van der Waals surface area contributed by atoms with E-state index in [1.165, 1.54) is 12.3 Å². The summed E-state index contributed by atoms with van der Waals surface area (Å²) in [4.78, 5) is 28.7. The van der Waals surface area contributed by atoms with Gasteiger partial charge in [0.05, 0.1) is 11.1 Å². The van der Waals surface area contributed by atoms with Gasteiger partial charge in [0.2, 0.25) is 0 Å². The fraction of sp³-hybridized carbons (Fsp3) is 0.545. The Balaban J connectivity index is 1.95. The molecule has 0 radical (unpaired) electrons. The van der Waals surface area contributed by atoms with Crippen LogP contribution in [0.4, 0.5) is 5.69 Å². The van der Waals surface area contributed by atoms with Crippen molar-refractivity contribution in [2.24, 2.45) is 0 Å². The first-order valence-corrected chi connectivity index (χ1v) is 6.55. The van der Waals surface area contributed by atoms with E-state index in [2.05, 4.69) is 9.88 Å². The second kappa shape index (κ2) is 6.03. The summed E-state index contributed by atoms with van der Waals surface area (Å²) in [5.74, 6) is 0.384. The number of hydrogen-bond donors (Lipinski definition) is 1. The Morgan fingerprint density at radius 3 is 2.63 bits per heavy atom. The lowest BCUT2D eigenvalue weighted by Gasteiger charge is -2.34. The van der Waals surface area contributed by atoms with E-state index in [-0.39, 0.29) is 17.3 Å². The van der Waals surface area contributed by atoms with Crippen molar-refractivity contribution in [3.63, 3.8) is 0 Å². The Morgan fingerprint density at radius 1 is 1.42 bits per heavy atom. The Bertz CT molecular complexity index is 468. The van der Waals surface area contributed by atoms with Crippen molar-refractivity contribution in [1.29, 1.82) is 0 Å². The Hall–Kier alpha value is -1.60. The summed E-state index contributed by atoms with van der Waals surface area (Å²) in [5.41, 5.74) is 0.168. The molecule has 0 aliphatic carbocycles. The SMILES string of the molecule is O=C(c1cc([N+](=O)[O-])c[nH]1)N1CCN(CCCl)CC1. The Kier molecular flexibility index (Phi) is 4.39. The molecule has 0 unspecified atom stereocenters. The maximum absolute atomic E-state index is 12.1. The topological polar surface area (TPSA) is 82.5 Å². The number of halogens is 1. The van der Waals surface area contributed by atoms with Crippen LogP contribution in [-0.4, -0.2) is 64.2 Å². The van der Waals surface area contributed by atoms with Gasteiger partial charge in [-0.25, -0.2) is 0 Å². The van der Waals surface area contributed by atoms with Crippen LogP contribution in [0, 0.1) is 10.1 Å². The molecule has 7 nitrogen and oxygen atoms in total. The van der Waals surface area contributed by atoms with Gasteiger partial charge in [0, 0.05) is 44.7 Å². The number of nitrogens with one attached hydrogen (secondary N) is 1. The van der Waals surface area contributed by atoms with Gasteiger partial charge in [-0.1, -0.05) is 0 Å². The molecule has 1 N–H and O–H groups in total. The lowest BCUT2D eigenvalue weighted by molar-refractivity contribution is -0.384. The van der Waals surface area contributed by atoms with Gasteiger partial charge in [-0.05, 0) is 0 Å². The molecule has 8 heteroatoms. The zero-order chi connectivity index (χ0) is 13.8. The molecule has 1 aromatic rings. The minimum absolute atomic E-state index is 0.0934. The first-order valence-electron chi connectivity index (χ1n) is 6.02. The molecule has 104 valence electrons. The quantitative estimate of drug-likeness (QED) is 0.507. The van der Waals surface area contributed by atoms with Gasteiger partial charge in [0.25, 0.3) is 11.6 Å². The van der Waals surface area contributed by atoms with Crippen LogP contribution in [-0.2, 0) is 0 Å². The molecule has 1 fully saturated rings. The minimum Gasteiger partial charge on any atom is -0.351 e. The molecule has 0 atom stereocenters. The molecule has 0 aromatic carbocycles. The number of alkyl halides is 1. The van der Waals surface area contributed by atoms with Gasteiger partial charge in [0.1, 0.15) is 5.69 Å². The summed E-state index contributed by atoms with van der Waals surface area (Å²) in [6.07, 6.45) is 1.23. The molecule has 1 aliphatic rings. The molecule has 0 spiro atoms. The van der Waals surface area contributed by atoms with E-state index in [4.69, 9.17) is 11.6 Å². The molecule has 1 aromatic heterocycles. The number of aromatic nitrogens is 1. The number of amides is 1. The number of aromatic amines is 1. The zero-order valence-electron chi connectivity index (χ0n) is 10.3. The Labute approximate surface area is 115 Å². The summed E-state index contributed by atoms with van der Waals surface area (Å²) in [5, 5.41) is 10.6. The van der Waals surface area contributed by atoms with Crippen LogP contribution in [0.5, 0.6) is 0 Å². The van der Waals surface area contributed by atoms with E-state index in [1.54, 1.807) is 4.90 Å². The molecule has 2 heterocycles. The van der Waals surface area contributed by atoms with Crippen molar-refractivity contribution >= 4 is 23.2 Å². The second-order valence-electron chi connectivity index (χ2n) is 4.35. The number of piperazine rings is 1. The third kappa shape index (κ3) is 3.24. The van der Waals surface area contributed by atoms with Crippen molar-refractivity contribution in [2.45, 2.75) is 0 Å². The van der Waals surface area contributed by atoms with Crippen LogP contribution in [0.25, 0.3) is 0 Å². The highest BCUT2D eigenvalue weighted by molar-refractivity contribution is 6.18. The van der Waals surface area contributed by atoms with Gasteiger partial charge in [-0.15, -0.1) is 11.6 Å². The maximum atomic E-state index is 12.1. The molecular weight excluding hydrogens is 272 g/mol. The summed E-state index contributed by atoms with van der Waals surface area (Å²) in [6, 6.07) is 1.27. The van der Waals surface area contributed by atoms with Crippen molar-refractivity contribution in [1.82, 2.24) is 14.8 Å². The fourth-order valence-electron chi connectivity index (χ4n) is 2.08. The van der Waals surface area contributed by atoms with Gasteiger partial charge in [0.15, 0.2) is 0 Å². The van der Waals surface area contributed by atoms with Gasteiger partial charge in [-0.2, -0.15) is 0 Å². The predicted octanol–water partition coefficient (Wildman–Crippen LogP) is 0.919. The van der Waals surface area contributed by atoms with Crippen molar-refractivity contribution in [3.8, 4) is 0 Å². The summed E-state index contributed by atoms with van der Waals surface area (Å²) >= 11 is 5.67. The zero-order valence-corrected chi connectivity index (χ0v) is 11.1. The van der Waals surface area contributed by atoms with Crippen LogP contribution in [0.15, 0.2) is 12.3 Å². The van der Waals surface area contributed by atoms with Crippen LogP contribution in [0.1, 0.15) is 10.5 Å². The first kappa shape index (κ1) is 13.8. The van der Waals surface area contributed by atoms with E-state index >= 15 is 0 Å². The fourth-order valence-corrected chi connectivity index (χ4v) is 2.32. The highest BCUT2D eigenvalue weighted by Crippen LogP contribution is 2.15. The summed E-state index contributed by atoms with van der Waals surface area (Å²) < 4.78 is 0. The summed E-state index contributed by atoms with van der Waals surface area (Å²) in [7, 11) is 0. The van der Waals surface area contributed by atoms with Crippen LogP contribution in [0.3, 0.4) is 0 Å². The van der Waals surface area contributed by atoms with Gasteiger partial charge in [-0.3, -0.25) is 19.8 Å². The Morgan fingerprint density at radius 2 is 2.11 bits per heavy atom. The average molecular weight is 287 g/mol. The third-order valence-electron chi connectivity index (χ3n) is 3.17. The van der Waals surface area contributed by atoms with Crippen molar-refractivity contribution < 1.29 is 9.72 Å². The van der Waals surface area contributed by atoms with Crippen molar-refractivity contribution in [3.05, 3.63) is 28.1 Å². The summed E-state index contributed by atoms with van der Waals surface area (Å²) in [6.45, 7) is 3.60. The van der Waals surface area contributed by atoms with E-state index in [1.807, 2.05) is 0 Å². The van der Waals surface area contributed by atoms with E-state index in [0.29, 0.717) is 19.0 Å². The smallest absolute Gasteiger partial charge is 0.287 e. The van der Waals surface area contributed by atoms with E-state index < -0.39 is 4.92 Å². The molecular formula is C11H15ClN4O3. The normalized spacial score (nSPS) is 16.6. The number of nitrogens with zero attached hydrogens (tertiary/aromatic N) is 3. The molecule has 1 aliphatic heterocycles. The largest absolute Gasteiger partial charge is 0.351 e. The van der Waals surface area contributed by atoms with E-state index in [9.17, 15) is 14.9 Å². The number of hydrogen-bond acceptors (Lipinski definition) is 4. The van der Waals surface area contributed by atoms with Crippen LogP contribution in [0.2, 0.25) is 0 Å². The molecule has 1 amide bonds. The van der Waals surface area contributed by atoms with Crippen LogP contribution >= 0.6 is 11.6 Å². The van der Waals surface area contributed by atoms with Crippen LogP contribution < -0.4 is 0 Å². The minimum atomic E-state index is -0.522. The molecule has 1 saturated heterocycles. The number of nitro groups is 1. The number of rotatable bonds is 4. The number of H-pyrrole nitrogens is 1. The lowest BCUT2D eigenvalue weighted by atomic mass is 10.2. The molecule has 0 bridgehead atoms. The standard InChI is InChI=1S/C11H15ClN4O3/c12-1-2-14-3-5-15(6-4-14)11(17)10-7-9(8-13-10)16(18)19/h7-8,13H,1-6H2. The number of carbonyl (C=O) groups is 1. The highest BCUT2D eigenvalue weighted by Gasteiger charge is 2.24. The van der Waals surface area contributed by atoms with Gasteiger partial charge >= 0.3 is 0 Å². The van der Waals surface area contributed by atoms with E-state index in [0.717, 1.165) is 19.6 Å². The van der Waals surface area contributed by atoms with Crippen molar-refractivity contribution in [2.75, 3.05) is 38.6 Å². The second-order valence-corrected chi connectivity index (χ2v) is 4.73. The lowest BCUT2D eigenvalue weighted by Crippen LogP contribution is -2.49. The molecule has 19 heavy (non-hydrogen) atoms. The molecule has 0 saturated carbocycles. The average Bonchev–Trinajstić information content (AvgIpc) is 2.89. The number of carbonyl (C=O) groups excluding carboxylic acids is 1. The third-order valence-corrected chi connectivity index (χ3v) is 3.34. The predicted molar refractivity (Wildman–Crippen MR) is 70.5 cm³/mol. The van der Waals surface area contributed by atoms with Gasteiger partial charge < -0.3 is 9.88 Å². The highest BCUT2D eigenvalue weighted by atomic mass is 35.5. The first-order chi connectivity index (χ1) is 9.11.